The largest absolute Gasteiger partial charge is 0.349 e. The summed E-state index contributed by atoms with van der Waals surface area (Å²) in [5.74, 6) is 0.507. The number of nitrogens with one attached hydrogen (secondary N) is 2. The van der Waals surface area contributed by atoms with Crippen molar-refractivity contribution < 1.29 is 4.79 Å². The van der Waals surface area contributed by atoms with Crippen molar-refractivity contribution >= 4 is 27.5 Å². The first-order chi connectivity index (χ1) is 10.1. The summed E-state index contributed by atoms with van der Waals surface area (Å²) in [6, 6.07) is 0.267. The molecule has 1 aliphatic rings. The third kappa shape index (κ3) is 2.72. The summed E-state index contributed by atoms with van der Waals surface area (Å²) >= 11 is 1.31. The van der Waals surface area contributed by atoms with Crippen LogP contribution in [0.1, 0.15) is 53.2 Å². The van der Waals surface area contributed by atoms with Crippen molar-refractivity contribution in [3.63, 3.8) is 0 Å². The Morgan fingerprint density at radius 1 is 1.29 bits per heavy atom. The van der Waals surface area contributed by atoms with Crippen LogP contribution in [0.2, 0.25) is 0 Å². The van der Waals surface area contributed by atoms with Crippen molar-refractivity contribution in [1.82, 2.24) is 15.3 Å². The van der Waals surface area contributed by atoms with Crippen molar-refractivity contribution in [3.8, 4) is 0 Å². The molecule has 1 amide bonds. The molecular formula is C15H19N3O2S. The van der Waals surface area contributed by atoms with Crippen LogP contribution in [0.4, 0.5) is 0 Å². The number of amides is 1. The first kappa shape index (κ1) is 14.3. The highest BCUT2D eigenvalue weighted by molar-refractivity contribution is 7.20. The van der Waals surface area contributed by atoms with Crippen LogP contribution in [0.15, 0.2) is 4.79 Å². The zero-order chi connectivity index (χ0) is 15.0. The van der Waals surface area contributed by atoms with E-state index in [1.807, 2.05) is 6.92 Å². The van der Waals surface area contributed by atoms with Gasteiger partial charge in [0.1, 0.15) is 10.7 Å². The van der Waals surface area contributed by atoms with Crippen molar-refractivity contribution in [2.24, 2.45) is 0 Å². The number of thiophene rings is 1. The van der Waals surface area contributed by atoms with Gasteiger partial charge in [0.2, 0.25) is 0 Å². The van der Waals surface area contributed by atoms with Gasteiger partial charge in [0.15, 0.2) is 0 Å². The molecule has 0 aromatic carbocycles. The summed E-state index contributed by atoms with van der Waals surface area (Å²) < 4.78 is 0. The quantitative estimate of drug-likeness (QED) is 0.895. The highest BCUT2D eigenvalue weighted by Crippen LogP contribution is 2.27. The predicted molar refractivity (Wildman–Crippen MR) is 84.1 cm³/mol. The molecule has 2 aromatic heterocycles. The average Bonchev–Trinajstić information content (AvgIpc) is 2.77. The van der Waals surface area contributed by atoms with E-state index in [0.717, 1.165) is 18.4 Å². The molecule has 0 radical (unpaired) electrons. The third-order valence-electron chi connectivity index (χ3n) is 4.07. The van der Waals surface area contributed by atoms with E-state index in [4.69, 9.17) is 0 Å². The summed E-state index contributed by atoms with van der Waals surface area (Å²) in [4.78, 5) is 32.8. The minimum Gasteiger partial charge on any atom is -0.349 e. The van der Waals surface area contributed by atoms with Gasteiger partial charge in [-0.3, -0.25) is 9.59 Å². The topological polar surface area (TPSA) is 74.8 Å². The van der Waals surface area contributed by atoms with Crippen molar-refractivity contribution in [2.45, 2.75) is 52.0 Å². The van der Waals surface area contributed by atoms with Crippen LogP contribution in [-0.2, 0) is 0 Å². The fourth-order valence-electron chi connectivity index (χ4n) is 2.97. The van der Waals surface area contributed by atoms with E-state index in [2.05, 4.69) is 15.3 Å². The minimum atomic E-state index is -0.164. The monoisotopic (exact) mass is 305 g/mol. The maximum atomic E-state index is 12.5. The molecule has 21 heavy (non-hydrogen) atoms. The van der Waals surface area contributed by atoms with Crippen LogP contribution >= 0.6 is 11.3 Å². The minimum absolute atomic E-state index is 0.0700. The van der Waals surface area contributed by atoms with E-state index >= 15 is 0 Å². The van der Waals surface area contributed by atoms with Crippen molar-refractivity contribution in [1.29, 1.82) is 0 Å². The number of carbonyl (C=O) groups is 1. The molecule has 1 fully saturated rings. The number of carbonyl (C=O) groups excluding carboxylic acids is 1. The predicted octanol–water partition coefficient (Wildman–Crippen LogP) is 2.66. The second kappa shape index (κ2) is 5.60. The molecule has 0 atom stereocenters. The van der Waals surface area contributed by atoms with E-state index in [-0.39, 0.29) is 17.5 Å². The number of hydrogen-bond acceptors (Lipinski definition) is 4. The molecule has 0 spiro atoms. The molecule has 2 heterocycles. The van der Waals surface area contributed by atoms with E-state index < -0.39 is 0 Å². The standard InChI is InChI=1S/C15H19N3O2S/c1-8-11-13(19)16-9(2)17-15(11)21-12(8)14(20)18-10-6-4-3-5-7-10/h10H,3-7H2,1-2H3,(H,18,20)(H,16,17,19). The highest BCUT2D eigenvalue weighted by atomic mass is 32.1. The van der Waals surface area contributed by atoms with Gasteiger partial charge in [-0.05, 0) is 32.3 Å². The molecule has 112 valence electrons. The molecule has 0 saturated heterocycles. The van der Waals surface area contributed by atoms with Gasteiger partial charge < -0.3 is 10.3 Å². The second-order valence-electron chi connectivity index (χ2n) is 5.70. The Bertz CT molecular complexity index is 741. The van der Waals surface area contributed by atoms with Gasteiger partial charge in [0.05, 0.1) is 10.3 Å². The molecule has 5 nitrogen and oxygen atoms in total. The van der Waals surface area contributed by atoms with Gasteiger partial charge in [0.25, 0.3) is 11.5 Å². The molecular weight excluding hydrogens is 286 g/mol. The number of nitrogens with zero attached hydrogens (tertiary/aromatic N) is 1. The first-order valence-electron chi connectivity index (χ1n) is 7.37. The molecule has 1 saturated carbocycles. The van der Waals surface area contributed by atoms with Crippen LogP contribution in [-0.4, -0.2) is 21.9 Å². The summed E-state index contributed by atoms with van der Waals surface area (Å²) in [6.07, 6.45) is 5.71. The Labute approximate surface area is 126 Å². The number of fused-ring (bicyclic) bond motifs is 1. The van der Waals surface area contributed by atoms with E-state index in [9.17, 15) is 9.59 Å². The molecule has 3 rings (SSSR count). The van der Waals surface area contributed by atoms with E-state index in [0.29, 0.717) is 20.9 Å². The number of aryl methyl sites for hydroxylation is 2. The van der Waals surface area contributed by atoms with Gasteiger partial charge >= 0.3 is 0 Å². The number of hydrogen-bond donors (Lipinski definition) is 2. The summed E-state index contributed by atoms with van der Waals surface area (Å²) in [5.41, 5.74) is 0.569. The number of aromatic amines is 1. The normalized spacial score (nSPS) is 16.3. The first-order valence-corrected chi connectivity index (χ1v) is 8.19. The zero-order valence-corrected chi connectivity index (χ0v) is 13.1. The Balaban J connectivity index is 1.93. The number of rotatable bonds is 2. The van der Waals surface area contributed by atoms with Crippen LogP contribution in [0.5, 0.6) is 0 Å². The Hall–Kier alpha value is -1.69. The van der Waals surface area contributed by atoms with Gasteiger partial charge in [0, 0.05) is 6.04 Å². The lowest BCUT2D eigenvalue weighted by atomic mass is 9.95. The second-order valence-corrected chi connectivity index (χ2v) is 6.70. The van der Waals surface area contributed by atoms with Crippen molar-refractivity contribution in [2.75, 3.05) is 0 Å². The third-order valence-corrected chi connectivity index (χ3v) is 5.25. The molecule has 2 aromatic rings. The highest BCUT2D eigenvalue weighted by Gasteiger charge is 2.22. The molecule has 0 unspecified atom stereocenters. The van der Waals surface area contributed by atoms with E-state index in [1.165, 1.54) is 30.6 Å². The molecule has 0 aliphatic heterocycles. The average molecular weight is 305 g/mol. The smallest absolute Gasteiger partial charge is 0.261 e. The number of H-pyrrole nitrogens is 1. The van der Waals surface area contributed by atoms with E-state index in [1.54, 1.807) is 6.92 Å². The van der Waals surface area contributed by atoms with Crippen molar-refractivity contribution in [3.05, 3.63) is 26.6 Å². The maximum Gasteiger partial charge on any atom is 0.261 e. The summed E-state index contributed by atoms with van der Waals surface area (Å²) in [7, 11) is 0. The van der Waals surface area contributed by atoms with Gasteiger partial charge in [-0.25, -0.2) is 4.98 Å². The Morgan fingerprint density at radius 3 is 2.71 bits per heavy atom. The lowest BCUT2D eigenvalue weighted by Crippen LogP contribution is -2.36. The molecule has 1 aliphatic carbocycles. The zero-order valence-electron chi connectivity index (χ0n) is 12.3. The SMILES string of the molecule is Cc1nc2sc(C(=O)NC3CCCCC3)c(C)c2c(=O)[nH]1. The fourth-order valence-corrected chi connectivity index (χ4v) is 4.10. The Morgan fingerprint density at radius 2 is 2.00 bits per heavy atom. The van der Waals surface area contributed by atoms with Crippen LogP contribution in [0, 0.1) is 13.8 Å². The van der Waals surface area contributed by atoms with Gasteiger partial charge in [-0.1, -0.05) is 19.3 Å². The summed E-state index contributed by atoms with van der Waals surface area (Å²) in [5, 5.41) is 3.64. The van der Waals surface area contributed by atoms with Crippen LogP contribution in [0.25, 0.3) is 10.2 Å². The maximum absolute atomic E-state index is 12.5. The van der Waals surface area contributed by atoms with Crippen LogP contribution in [0.3, 0.4) is 0 Å². The van der Waals surface area contributed by atoms with Gasteiger partial charge in [-0.2, -0.15) is 0 Å². The molecule has 6 heteroatoms. The Kier molecular flexibility index (Phi) is 3.80. The lowest BCUT2D eigenvalue weighted by molar-refractivity contribution is 0.0931. The molecule has 0 bridgehead atoms. The van der Waals surface area contributed by atoms with Gasteiger partial charge in [-0.15, -0.1) is 11.3 Å². The lowest BCUT2D eigenvalue weighted by Gasteiger charge is -2.22. The number of aromatic nitrogens is 2. The molecule has 2 N–H and O–H groups in total. The fraction of sp³-hybridized carbons (Fsp3) is 0.533. The van der Waals surface area contributed by atoms with Crippen LogP contribution < -0.4 is 10.9 Å². The summed E-state index contributed by atoms with van der Waals surface area (Å²) in [6.45, 7) is 3.57.